The first-order valence-electron chi connectivity index (χ1n) is 10.8. The minimum Gasteiger partial charge on any atom is -0.465 e. The quantitative estimate of drug-likeness (QED) is 0.453. The van der Waals surface area contributed by atoms with Crippen molar-refractivity contribution in [1.29, 1.82) is 0 Å². The Labute approximate surface area is 197 Å². The van der Waals surface area contributed by atoms with Gasteiger partial charge in [-0.3, -0.25) is 4.79 Å². The molecule has 1 aliphatic heterocycles. The van der Waals surface area contributed by atoms with E-state index in [1.54, 1.807) is 36.4 Å². The normalized spacial score (nSPS) is 16.8. The average molecular weight is 465 g/mol. The maximum Gasteiger partial charge on any atom is 0.407 e. The van der Waals surface area contributed by atoms with E-state index in [1.807, 2.05) is 36.4 Å². The summed E-state index contributed by atoms with van der Waals surface area (Å²) in [7, 11) is 0. The Hall–Kier alpha value is -3.35. The van der Waals surface area contributed by atoms with Crippen LogP contribution in [0, 0.1) is 5.92 Å². The SMILES string of the molecule is O=C(Nc1ccc(C(O)C2CCCN(C(=O)O)C2)cc1)c1ccc(-c2ccc(Cl)cc2)cc1. The molecule has 3 aromatic rings. The largest absolute Gasteiger partial charge is 0.465 e. The van der Waals surface area contributed by atoms with Crippen LogP contribution in [0.15, 0.2) is 72.8 Å². The minimum absolute atomic E-state index is 0.144. The zero-order chi connectivity index (χ0) is 23.4. The molecular formula is C26H25ClN2O4. The number of aliphatic hydroxyl groups is 1. The number of amides is 2. The summed E-state index contributed by atoms with van der Waals surface area (Å²) in [6.45, 7) is 0.825. The number of likely N-dealkylation sites (tertiary alicyclic amines) is 1. The molecule has 0 aliphatic carbocycles. The predicted molar refractivity (Wildman–Crippen MR) is 129 cm³/mol. The zero-order valence-electron chi connectivity index (χ0n) is 17.9. The molecule has 1 aliphatic rings. The summed E-state index contributed by atoms with van der Waals surface area (Å²) in [4.78, 5) is 25.2. The summed E-state index contributed by atoms with van der Waals surface area (Å²) in [5.41, 5.74) is 3.87. The van der Waals surface area contributed by atoms with Crippen LogP contribution in [0.1, 0.15) is 34.9 Å². The molecule has 1 fully saturated rings. The molecule has 7 heteroatoms. The number of aliphatic hydroxyl groups excluding tert-OH is 1. The van der Waals surface area contributed by atoms with Crippen molar-refractivity contribution in [3.05, 3.63) is 88.9 Å². The third-order valence-electron chi connectivity index (χ3n) is 6.01. The number of benzene rings is 3. The highest BCUT2D eigenvalue weighted by molar-refractivity contribution is 6.30. The van der Waals surface area contributed by atoms with E-state index < -0.39 is 12.2 Å². The summed E-state index contributed by atoms with van der Waals surface area (Å²) in [6, 6.07) is 21.9. The second-order valence-corrected chi connectivity index (χ2v) is 8.67. The van der Waals surface area contributed by atoms with Crippen LogP contribution in [-0.4, -0.2) is 40.2 Å². The lowest BCUT2D eigenvalue weighted by Crippen LogP contribution is -2.40. The smallest absolute Gasteiger partial charge is 0.407 e. The van der Waals surface area contributed by atoms with Crippen LogP contribution < -0.4 is 5.32 Å². The Morgan fingerprint density at radius 3 is 2.15 bits per heavy atom. The molecule has 4 rings (SSSR count). The van der Waals surface area contributed by atoms with Gasteiger partial charge in [-0.25, -0.2) is 4.79 Å². The summed E-state index contributed by atoms with van der Waals surface area (Å²) in [5.74, 6) is -0.371. The highest BCUT2D eigenvalue weighted by atomic mass is 35.5. The van der Waals surface area contributed by atoms with Crippen molar-refractivity contribution in [3.8, 4) is 11.1 Å². The molecule has 1 heterocycles. The van der Waals surface area contributed by atoms with Gasteiger partial charge in [0.15, 0.2) is 0 Å². The van der Waals surface area contributed by atoms with E-state index in [2.05, 4.69) is 5.32 Å². The third kappa shape index (κ3) is 5.53. The molecular weight excluding hydrogens is 440 g/mol. The topological polar surface area (TPSA) is 89.9 Å². The predicted octanol–water partition coefficient (Wildman–Crippen LogP) is 5.68. The molecule has 0 radical (unpaired) electrons. The van der Waals surface area contributed by atoms with Crippen molar-refractivity contribution in [2.45, 2.75) is 18.9 Å². The van der Waals surface area contributed by atoms with Crippen molar-refractivity contribution in [2.24, 2.45) is 5.92 Å². The van der Waals surface area contributed by atoms with Crippen LogP contribution in [0.2, 0.25) is 5.02 Å². The third-order valence-corrected chi connectivity index (χ3v) is 6.26. The number of carbonyl (C=O) groups excluding carboxylic acids is 1. The van der Waals surface area contributed by atoms with Crippen LogP contribution in [0.5, 0.6) is 0 Å². The minimum atomic E-state index is -0.953. The first-order chi connectivity index (χ1) is 15.9. The van der Waals surface area contributed by atoms with Crippen LogP contribution >= 0.6 is 11.6 Å². The lowest BCUT2D eigenvalue weighted by Gasteiger charge is -2.33. The number of hydrogen-bond acceptors (Lipinski definition) is 3. The molecule has 2 unspecified atom stereocenters. The van der Waals surface area contributed by atoms with Crippen LogP contribution in [0.25, 0.3) is 11.1 Å². The van der Waals surface area contributed by atoms with Gasteiger partial charge < -0.3 is 20.4 Å². The van der Waals surface area contributed by atoms with E-state index >= 15 is 0 Å². The summed E-state index contributed by atoms with van der Waals surface area (Å²) in [6.07, 6.45) is -0.197. The lowest BCUT2D eigenvalue weighted by molar-refractivity contribution is 0.0503. The molecule has 3 N–H and O–H groups in total. The Morgan fingerprint density at radius 1 is 0.939 bits per heavy atom. The number of carboxylic acid groups (broad SMARTS) is 1. The Balaban J connectivity index is 1.38. The van der Waals surface area contributed by atoms with Gasteiger partial charge in [0.1, 0.15) is 0 Å². The van der Waals surface area contributed by atoms with Crippen molar-refractivity contribution >= 4 is 29.3 Å². The van der Waals surface area contributed by atoms with E-state index in [1.165, 1.54) is 4.90 Å². The van der Waals surface area contributed by atoms with Gasteiger partial charge in [0.2, 0.25) is 0 Å². The molecule has 6 nitrogen and oxygen atoms in total. The number of rotatable bonds is 5. The molecule has 0 aromatic heterocycles. The van der Waals surface area contributed by atoms with E-state index in [-0.39, 0.29) is 11.8 Å². The van der Waals surface area contributed by atoms with Crippen LogP contribution in [0.3, 0.4) is 0 Å². The molecule has 33 heavy (non-hydrogen) atoms. The average Bonchev–Trinajstić information content (AvgIpc) is 2.84. The van der Waals surface area contributed by atoms with Gasteiger partial charge in [-0.2, -0.15) is 0 Å². The molecule has 0 saturated carbocycles. The molecule has 3 aromatic carbocycles. The van der Waals surface area contributed by atoms with Crippen LogP contribution in [-0.2, 0) is 0 Å². The molecule has 0 spiro atoms. The summed E-state index contributed by atoms with van der Waals surface area (Å²) < 4.78 is 0. The van der Waals surface area contributed by atoms with Gasteiger partial charge in [-0.15, -0.1) is 0 Å². The fraction of sp³-hybridized carbons (Fsp3) is 0.231. The molecule has 2 atom stereocenters. The second-order valence-electron chi connectivity index (χ2n) is 8.24. The summed E-state index contributed by atoms with van der Waals surface area (Å²) >= 11 is 5.94. The Bertz CT molecular complexity index is 1110. The number of nitrogens with zero attached hydrogens (tertiary/aromatic N) is 1. The first-order valence-corrected chi connectivity index (χ1v) is 11.2. The number of hydrogen-bond donors (Lipinski definition) is 3. The van der Waals surface area contributed by atoms with Gasteiger partial charge in [-0.1, -0.05) is 48.0 Å². The fourth-order valence-electron chi connectivity index (χ4n) is 4.14. The van der Waals surface area contributed by atoms with Gasteiger partial charge in [0.25, 0.3) is 5.91 Å². The monoisotopic (exact) mass is 464 g/mol. The Kier molecular flexibility index (Phi) is 6.96. The number of nitrogens with one attached hydrogen (secondary N) is 1. The number of carbonyl (C=O) groups is 2. The number of anilines is 1. The van der Waals surface area contributed by atoms with E-state index in [4.69, 9.17) is 11.6 Å². The number of halogens is 1. The van der Waals surface area contributed by atoms with E-state index in [0.717, 1.165) is 24.0 Å². The van der Waals surface area contributed by atoms with Gasteiger partial charge in [0.05, 0.1) is 6.10 Å². The van der Waals surface area contributed by atoms with E-state index in [0.29, 0.717) is 34.9 Å². The van der Waals surface area contributed by atoms with Gasteiger partial charge in [-0.05, 0) is 65.9 Å². The Morgan fingerprint density at radius 2 is 1.55 bits per heavy atom. The summed E-state index contributed by atoms with van der Waals surface area (Å²) in [5, 5.41) is 23.5. The molecule has 1 saturated heterocycles. The maximum atomic E-state index is 12.6. The van der Waals surface area contributed by atoms with E-state index in [9.17, 15) is 19.8 Å². The van der Waals surface area contributed by atoms with Crippen molar-refractivity contribution in [3.63, 3.8) is 0 Å². The van der Waals surface area contributed by atoms with Crippen LogP contribution in [0.4, 0.5) is 10.5 Å². The standard InChI is InChI=1S/C26H25ClN2O4/c27-22-11-7-18(8-12-22)17-3-5-20(6-4-17)25(31)28-23-13-9-19(10-14-23)24(30)21-2-1-15-29(16-21)26(32)33/h3-14,21,24,30H,1-2,15-16H2,(H,28,31)(H,32,33). The van der Waals surface area contributed by atoms with Crippen molar-refractivity contribution < 1.29 is 19.8 Å². The fourth-order valence-corrected chi connectivity index (χ4v) is 4.26. The highest BCUT2D eigenvalue weighted by Gasteiger charge is 2.29. The lowest BCUT2D eigenvalue weighted by atomic mass is 9.88. The second kappa shape index (κ2) is 10.1. The maximum absolute atomic E-state index is 12.6. The van der Waals surface area contributed by atoms with Gasteiger partial charge >= 0.3 is 6.09 Å². The van der Waals surface area contributed by atoms with Crippen molar-refractivity contribution in [2.75, 3.05) is 18.4 Å². The first kappa shape index (κ1) is 22.8. The molecule has 0 bridgehead atoms. The molecule has 2 amide bonds. The molecule has 170 valence electrons. The number of piperidine rings is 1. The highest BCUT2D eigenvalue weighted by Crippen LogP contribution is 2.30. The van der Waals surface area contributed by atoms with Gasteiger partial charge in [0, 0.05) is 35.3 Å². The van der Waals surface area contributed by atoms with Crippen molar-refractivity contribution in [1.82, 2.24) is 4.90 Å². The zero-order valence-corrected chi connectivity index (χ0v) is 18.7.